The Morgan fingerprint density at radius 3 is 2.80 bits per heavy atom. The van der Waals surface area contributed by atoms with Gasteiger partial charge in [0.2, 0.25) is 0 Å². The molecule has 25 heavy (non-hydrogen) atoms. The van der Waals surface area contributed by atoms with E-state index in [1.54, 1.807) is 28.0 Å². The minimum atomic E-state index is -0.0665. The highest BCUT2D eigenvalue weighted by Gasteiger charge is 2.23. The monoisotopic (exact) mass is 396 g/mol. The number of nitrogens with zero attached hydrogens (tertiary/aromatic N) is 1. The van der Waals surface area contributed by atoms with Gasteiger partial charge in [-0.25, -0.2) is 0 Å². The Bertz CT molecular complexity index is 818. The average Bonchev–Trinajstić information content (AvgIpc) is 3.24. The van der Waals surface area contributed by atoms with Crippen LogP contribution in [0.5, 0.6) is 0 Å². The molecule has 0 radical (unpaired) electrons. The molecule has 0 aliphatic heterocycles. The van der Waals surface area contributed by atoms with Crippen LogP contribution >= 0.6 is 35.5 Å². The second kappa shape index (κ2) is 9.29. The molecular weight excluding hydrogens is 376 g/mol. The van der Waals surface area contributed by atoms with Crippen molar-refractivity contribution >= 4 is 52.4 Å². The molecule has 0 spiro atoms. The summed E-state index contributed by atoms with van der Waals surface area (Å²) >= 11 is 3.45. The van der Waals surface area contributed by atoms with Gasteiger partial charge in [0.05, 0.1) is 4.21 Å². The molecule has 0 aliphatic rings. The second-order valence-electron chi connectivity index (χ2n) is 5.46. The number of likely N-dealkylation sites (N-methyl/N-ethyl adjacent to an activating group) is 2. The lowest BCUT2D eigenvalue weighted by Gasteiger charge is -2.16. The summed E-state index contributed by atoms with van der Waals surface area (Å²) in [6.45, 7) is 1.39. The fourth-order valence-electron chi connectivity index (χ4n) is 2.46. The van der Waals surface area contributed by atoms with Gasteiger partial charge in [-0.1, -0.05) is 24.3 Å². The number of amides is 1. The van der Waals surface area contributed by atoms with E-state index in [-0.39, 0.29) is 18.3 Å². The molecule has 1 aromatic carbocycles. The van der Waals surface area contributed by atoms with Crippen molar-refractivity contribution in [2.24, 2.45) is 0 Å². The van der Waals surface area contributed by atoms with E-state index >= 15 is 0 Å². The van der Waals surface area contributed by atoms with Gasteiger partial charge in [-0.05, 0) is 24.6 Å². The molecule has 0 unspecified atom stereocenters. The predicted octanol–water partition coefficient (Wildman–Crippen LogP) is 4.50. The van der Waals surface area contributed by atoms with Crippen molar-refractivity contribution in [3.05, 3.63) is 53.1 Å². The third-order valence-corrected chi connectivity index (χ3v) is 5.95. The zero-order valence-corrected chi connectivity index (χ0v) is 16.6. The van der Waals surface area contributed by atoms with E-state index in [1.165, 1.54) is 4.21 Å². The SMILES string of the molecule is CNCCN(C)C(=O)c1oc2ccccc2c1CSc1cccs1.Cl. The van der Waals surface area contributed by atoms with Crippen molar-refractivity contribution in [2.75, 3.05) is 27.2 Å². The van der Waals surface area contributed by atoms with Gasteiger partial charge in [0, 0.05) is 36.8 Å². The van der Waals surface area contributed by atoms with Crippen LogP contribution in [0.1, 0.15) is 16.1 Å². The van der Waals surface area contributed by atoms with Crippen molar-refractivity contribution in [1.29, 1.82) is 0 Å². The fourth-order valence-corrected chi connectivity index (χ4v) is 4.27. The lowest BCUT2D eigenvalue weighted by Crippen LogP contribution is -2.33. The predicted molar refractivity (Wildman–Crippen MR) is 108 cm³/mol. The third-order valence-electron chi connectivity index (χ3n) is 3.79. The summed E-state index contributed by atoms with van der Waals surface area (Å²) in [4.78, 5) is 14.5. The summed E-state index contributed by atoms with van der Waals surface area (Å²) in [5, 5.41) is 6.15. The number of hydrogen-bond donors (Lipinski definition) is 1. The summed E-state index contributed by atoms with van der Waals surface area (Å²) in [6, 6.07) is 12.0. The Hall–Kier alpha value is -1.47. The zero-order valence-electron chi connectivity index (χ0n) is 14.2. The number of para-hydroxylation sites is 1. The third kappa shape index (κ3) is 4.58. The first kappa shape index (κ1) is 19.8. The first-order chi connectivity index (χ1) is 11.7. The maximum atomic E-state index is 12.8. The van der Waals surface area contributed by atoms with Crippen LogP contribution in [-0.4, -0.2) is 38.0 Å². The largest absolute Gasteiger partial charge is 0.451 e. The van der Waals surface area contributed by atoms with Crippen molar-refractivity contribution in [1.82, 2.24) is 10.2 Å². The molecule has 1 N–H and O–H groups in total. The molecular formula is C18H21ClN2O2S2. The van der Waals surface area contributed by atoms with Gasteiger partial charge in [0.15, 0.2) is 5.76 Å². The van der Waals surface area contributed by atoms with E-state index in [1.807, 2.05) is 44.4 Å². The number of nitrogens with one attached hydrogen (secondary N) is 1. The smallest absolute Gasteiger partial charge is 0.289 e. The Kier molecular flexibility index (Phi) is 7.38. The molecule has 4 nitrogen and oxygen atoms in total. The lowest BCUT2D eigenvalue weighted by molar-refractivity contribution is 0.0766. The van der Waals surface area contributed by atoms with Gasteiger partial charge in [-0.3, -0.25) is 4.79 Å². The highest BCUT2D eigenvalue weighted by atomic mass is 35.5. The minimum absolute atomic E-state index is 0. The van der Waals surface area contributed by atoms with Crippen LogP contribution in [0.15, 0.2) is 50.4 Å². The quantitative estimate of drug-likeness (QED) is 0.597. The van der Waals surface area contributed by atoms with Crippen LogP contribution in [-0.2, 0) is 5.75 Å². The van der Waals surface area contributed by atoms with Gasteiger partial charge in [-0.2, -0.15) is 0 Å². The Morgan fingerprint density at radius 2 is 2.08 bits per heavy atom. The van der Waals surface area contributed by atoms with Crippen LogP contribution < -0.4 is 5.32 Å². The van der Waals surface area contributed by atoms with Crippen LogP contribution in [0, 0.1) is 0 Å². The number of rotatable bonds is 7. The summed E-state index contributed by atoms with van der Waals surface area (Å²) in [6.07, 6.45) is 0. The van der Waals surface area contributed by atoms with Gasteiger partial charge in [-0.15, -0.1) is 35.5 Å². The zero-order chi connectivity index (χ0) is 16.9. The Balaban J connectivity index is 0.00000225. The molecule has 7 heteroatoms. The van der Waals surface area contributed by atoms with E-state index in [0.717, 1.165) is 28.8 Å². The van der Waals surface area contributed by atoms with Crippen molar-refractivity contribution < 1.29 is 9.21 Å². The van der Waals surface area contributed by atoms with E-state index in [0.29, 0.717) is 12.3 Å². The van der Waals surface area contributed by atoms with Crippen molar-refractivity contribution in [3.63, 3.8) is 0 Å². The van der Waals surface area contributed by atoms with Crippen LogP contribution in [0.2, 0.25) is 0 Å². The topological polar surface area (TPSA) is 45.5 Å². The molecule has 0 saturated heterocycles. The molecule has 0 aliphatic carbocycles. The number of carbonyl (C=O) groups excluding carboxylic acids is 1. The molecule has 2 heterocycles. The molecule has 2 aromatic heterocycles. The number of halogens is 1. The van der Waals surface area contributed by atoms with Gasteiger partial charge >= 0.3 is 0 Å². The van der Waals surface area contributed by atoms with E-state index < -0.39 is 0 Å². The van der Waals surface area contributed by atoms with Gasteiger partial charge in [0.25, 0.3) is 5.91 Å². The van der Waals surface area contributed by atoms with E-state index in [9.17, 15) is 4.79 Å². The second-order valence-corrected chi connectivity index (χ2v) is 7.68. The number of thiophene rings is 1. The van der Waals surface area contributed by atoms with Crippen LogP contribution in [0.3, 0.4) is 0 Å². The summed E-state index contributed by atoms with van der Waals surface area (Å²) in [5.74, 6) is 1.11. The molecule has 0 fully saturated rings. The molecule has 3 rings (SSSR count). The number of benzene rings is 1. The highest BCUT2D eigenvalue weighted by Crippen LogP contribution is 2.34. The van der Waals surface area contributed by atoms with Crippen molar-refractivity contribution in [3.8, 4) is 0 Å². The molecule has 0 bridgehead atoms. The number of furan rings is 1. The number of carbonyl (C=O) groups is 1. The molecule has 1 amide bonds. The standard InChI is InChI=1S/C18H20N2O2S2.ClH/c1-19-9-10-20(2)18(21)17-14(12-24-16-8-5-11-23-16)13-6-3-4-7-15(13)22-17;/h3-8,11,19H,9-10,12H2,1-2H3;1H. The van der Waals surface area contributed by atoms with Gasteiger partial charge in [0.1, 0.15) is 5.58 Å². The Labute approximate surface area is 162 Å². The maximum absolute atomic E-state index is 12.8. The lowest BCUT2D eigenvalue weighted by atomic mass is 10.1. The number of hydrogen-bond acceptors (Lipinski definition) is 5. The van der Waals surface area contributed by atoms with Crippen LogP contribution in [0.25, 0.3) is 11.0 Å². The first-order valence-electron chi connectivity index (χ1n) is 7.77. The van der Waals surface area contributed by atoms with E-state index in [2.05, 4.69) is 16.8 Å². The first-order valence-corrected chi connectivity index (χ1v) is 9.64. The number of thioether (sulfide) groups is 1. The molecule has 3 aromatic rings. The summed E-state index contributed by atoms with van der Waals surface area (Å²) < 4.78 is 7.15. The normalized spacial score (nSPS) is 10.6. The van der Waals surface area contributed by atoms with Gasteiger partial charge < -0.3 is 14.6 Å². The van der Waals surface area contributed by atoms with E-state index in [4.69, 9.17) is 4.42 Å². The highest BCUT2D eigenvalue weighted by molar-refractivity contribution is 8.00. The molecule has 0 saturated carbocycles. The average molecular weight is 397 g/mol. The van der Waals surface area contributed by atoms with Crippen molar-refractivity contribution in [2.45, 2.75) is 9.96 Å². The van der Waals surface area contributed by atoms with Crippen LogP contribution in [0.4, 0.5) is 0 Å². The summed E-state index contributed by atoms with van der Waals surface area (Å²) in [7, 11) is 3.69. The summed E-state index contributed by atoms with van der Waals surface area (Å²) in [5.41, 5.74) is 1.75. The minimum Gasteiger partial charge on any atom is -0.451 e. The molecule has 134 valence electrons. The molecule has 0 atom stereocenters. The fraction of sp³-hybridized carbons (Fsp3) is 0.278. The number of fused-ring (bicyclic) bond motifs is 1. The maximum Gasteiger partial charge on any atom is 0.289 e. The Morgan fingerprint density at radius 1 is 1.28 bits per heavy atom.